The number of rotatable bonds is 2. The molecule has 3 rings (SSSR count). The molecule has 1 N–H and O–H groups in total. The lowest BCUT2D eigenvalue weighted by Gasteiger charge is -2.33. The van der Waals surface area contributed by atoms with Crippen molar-refractivity contribution in [3.63, 3.8) is 0 Å². The summed E-state index contributed by atoms with van der Waals surface area (Å²) in [6.45, 7) is 1.91. The molecule has 0 aromatic heterocycles. The van der Waals surface area contributed by atoms with Gasteiger partial charge in [-0.05, 0) is 37.9 Å². The van der Waals surface area contributed by atoms with E-state index in [0.29, 0.717) is 25.2 Å². The summed E-state index contributed by atoms with van der Waals surface area (Å²) in [7, 11) is 0. The second kappa shape index (κ2) is 5.50. The maximum absolute atomic E-state index is 13.8. The summed E-state index contributed by atoms with van der Waals surface area (Å²) < 4.78 is 13.8. The summed E-state index contributed by atoms with van der Waals surface area (Å²) in [6.07, 6.45) is 2.05. The molecule has 0 spiro atoms. The standard InChI is InChI=1S/C15H19FN2O2/c16-12-5-1-2-6-13(12)18-9-7-14(15(18)20)17-8-3-4-11(19)10-17/h1-2,5-6,11,14,19H,3-4,7-10H2. The number of piperidine rings is 1. The Morgan fingerprint density at radius 2 is 2.00 bits per heavy atom. The lowest BCUT2D eigenvalue weighted by molar-refractivity contribution is -0.122. The number of halogens is 1. The summed E-state index contributed by atoms with van der Waals surface area (Å²) in [4.78, 5) is 16.1. The van der Waals surface area contributed by atoms with Gasteiger partial charge < -0.3 is 10.0 Å². The largest absolute Gasteiger partial charge is 0.392 e. The number of carbonyl (C=O) groups excluding carboxylic acids is 1. The first-order chi connectivity index (χ1) is 9.66. The van der Waals surface area contributed by atoms with E-state index in [-0.39, 0.29) is 23.9 Å². The molecular formula is C15H19FN2O2. The molecular weight excluding hydrogens is 259 g/mol. The monoisotopic (exact) mass is 278 g/mol. The van der Waals surface area contributed by atoms with Crippen molar-refractivity contribution >= 4 is 11.6 Å². The van der Waals surface area contributed by atoms with Crippen molar-refractivity contribution in [2.75, 3.05) is 24.5 Å². The quantitative estimate of drug-likeness (QED) is 0.889. The molecule has 0 aliphatic carbocycles. The van der Waals surface area contributed by atoms with E-state index in [2.05, 4.69) is 0 Å². The number of β-amino-alcohol motifs (C(OH)–C–C–N with tert-alkyl or cyclic N) is 1. The first-order valence-corrected chi connectivity index (χ1v) is 7.15. The third kappa shape index (κ3) is 2.43. The fourth-order valence-electron chi connectivity index (χ4n) is 3.18. The minimum Gasteiger partial charge on any atom is -0.392 e. The number of hydrogen-bond acceptors (Lipinski definition) is 3. The smallest absolute Gasteiger partial charge is 0.244 e. The molecule has 2 heterocycles. The lowest BCUT2D eigenvalue weighted by atomic mass is 10.1. The van der Waals surface area contributed by atoms with Crippen LogP contribution in [0.4, 0.5) is 10.1 Å². The van der Waals surface area contributed by atoms with E-state index in [9.17, 15) is 14.3 Å². The number of anilines is 1. The second-order valence-corrected chi connectivity index (χ2v) is 5.54. The van der Waals surface area contributed by atoms with Crippen LogP contribution in [0.25, 0.3) is 0 Å². The van der Waals surface area contributed by atoms with Gasteiger partial charge in [-0.1, -0.05) is 12.1 Å². The molecule has 2 atom stereocenters. The third-order valence-electron chi connectivity index (χ3n) is 4.19. The third-order valence-corrected chi connectivity index (χ3v) is 4.19. The van der Waals surface area contributed by atoms with Crippen LogP contribution >= 0.6 is 0 Å². The highest BCUT2D eigenvalue weighted by atomic mass is 19.1. The van der Waals surface area contributed by atoms with Crippen LogP contribution in [-0.4, -0.2) is 47.7 Å². The minimum absolute atomic E-state index is 0.0517. The zero-order chi connectivity index (χ0) is 14.1. The van der Waals surface area contributed by atoms with Crippen LogP contribution in [-0.2, 0) is 4.79 Å². The van der Waals surface area contributed by atoms with Crippen LogP contribution < -0.4 is 4.90 Å². The molecule has 0 radical (unpaired) electrons. The van der Waals surface area contributed by atoms with E-state index in [1.54, 1.807) is 18.2 Å². The summed E-state index contributed by atoms with van der Waals surface area (Å²) in [5, 5.41) is 9.73. The van der Waals surface area contributed by atoms with Gasteiger partial charge in [0, 0.05) is 13.1 Å². The Morgan fingerprint density at radius 1 is 1.20 bits per heavy atom. The maximum Gasteiger partial charge on any atom is 0.244 e. The Morgan fingerprint density at radius 3 is 2.75 bits per heavy atom. The molecule has 108 valence electrons. The van der Waals surface area contributed by atoms with Gasteiger partial charge in [0.25, 0.3) is 0 Å². The number of carbonyl (C=O) groups is 1. The number of likely N-dealkylation sites (tertiary alicyclic amines) is 1. The number of aliphatic hydroxyl groups excluding tert-OH is 1. The fourth-order valence-corrected chi connectivity index (χ4v) is 3.18. The molecule has 20 heavy (non-hydrogen) atoms. The number of hydrogen-bond donors (Lipinski definition) is 1. The topological polar surface area (TPSA) is 43.8 Å². The van der Waals surface area contributed by atoms with Gasteiger partial charge in [-0.15, -0.1) is 0 Å². The van der Waals surface area contributed by atoms with Crippen LogP contribution in [0.5, 0.6) is 0 Å². The molecule has 0 saturated carbocycles. The van der Waals surface area contributed by atoms with E-state index >= 15 is 0 Å². The van der Waals surface area contributed by atoms with Gasteiger partial charge in [-0.25, -0.2) is 4.39 Å². The number of amides is 1. The Hall–Kier alpha value is -1.46. The average molecular weight is 278 g/mol. The van der Waals surface area contributed by atoms with Gasteiger partial charge in [0.2, 0.25) is 5.91 Å². The normalized spacial score (nSPS) is 28.1. The van der Waals surface area contributed by atoms with Gasteiger partial charge in [0.15, 0.2) is 0 Å². The molecule has 2 saturated heterocycles. The number of para-hydroxylation sites is 1. The molecule has 1 aromatic rings. The van der Waals surface area contributed by atoms with Gasteiger partial charge in [-0.2, -0.15) is 0 Å². The van der Waals surface area contributed by atoms with Crippen LogP contribution in [0.1, 0.15) is 19.3 Å². The Bertz CT molecular complexity index is 508. The highest BCUT2D eigenvalue weighted by Gasteiger charge is 2.38. The SMILES string of the molecule is O=C1C(N2CCCC(O)C2)CCN1c1ccccc1F. The van der Waals surface area contributed by atoms with Gasteiger partial charge in [-0.3, -0.25) is 9.69 Å². The van der Waals surface area contributed by atoms with Gasteiger partial charge >= 0.3 is 0 Å². The van der Waals surface area contributed by atoms with Crippen molar-refractivity contribution in [1.82, 2.24) is 4.90 Å². The Kier molecular flexibility index (Phi) is 3.72. The van der Waals surface area contributed by atoms with Crippen molar-refractivity contribution in [3.8, 4) is 0 Å². The van der Waals surface area contributed by atoms with Crippen LogP contribution in [0.2, 0.25) is 0 Å². The predicted molar refractivity (Wildman–Crippen MR) is 74.0 cm³/mol. The molecule has 2 unspecified atom stereocenters. The fraction of sp³-hybridized carbons (Fsp3) is 0.533. The van der Waals surface area contributed by atoms with E-state index in [1.807, 2.05) is 4.90 Å². The van der Waals surface area contributed by atoms with Crippen molar-refractivity contribution < 1.29 is 14.3 Å². The van der Waals surface area contributed by atoms with E-state index in [4.69, 9.17) is 0 Å². The molecule has 4 nitrogen and oxygen atoms in total. The lowest BCUT2D eigenvalue weighted by Crippen LogP contribution is -2.48. The molecule has 1 amide bonds. The van der Waals surface area contributed by atoms with Gasteiger partial charge in [0.1, 0.15) is 5.82 Å². The van der Waals surface area contributed by atoms with Crippen LogP contribution in [0.15, 0.2) is 24.3 Å². The summed E-state index contributed by atoms with van der Waals surface area (Å²) >= 11 is 0. The first-order valence-electron chi connectivity index (χ1n) is 7.15. The highest BCUT2D eigenvalue weighted by molar-refractivity contribution is 5.99. The number of aliphatic hydroxyl groups is 1. The van der Waals surface area contributed by atoms with Crippen molar-refractivity contribution in [2.45, 2.75) is 31.4 Å². The van der Waals surface area contributed by atoms with E-state index in [1.165, 1.54) is 11.0 Å². The minimum atomic E-state index is -0.361. The highest BCUT2D eigenvalue weighted by Crippen LogP contribution is 2.28. The zero-order valence-electron chi connectivity index (χ0n) is 11.3. The zero-order valence-corrected chi connectivity index (χ0v) is 11.3. The Labute approximate surface area is 117 Å². The van der Waals surface area contributed by atoms with Crippen LogP contribution in [0.3, 0.4) is 0 Å². The maximum atomic E-state index is 13.8. The van der Waals surface area contributed by atoms with Gasteiger partial charge in [0.05, 0.1) is 17.8 Å². The number of benzene rings is 1. The molecule has 0 bridgehead atoms. The summed E-state index contributed by atoms with van der Waals surface area (Å²) in [5.74, 6) is -0.413. The van der Waals surface area contributed by atoms with Crippen molar-refractivity contribution in [3.05, 3.63) is 30.1 Å². The molecule has 2 aliphatic heterocycles. The first kappa shape index (κ1) is 13.5. The number of nitrogens with zero attached hydrogens (tertiary/aromatic N) is 2. The molecule has 2 fully saturated rings. The van der Waals surface area contributed by atoms with Crippen LogP contribution in [0, 0.1) is 5.82 Å². The average Bonchev–Trinajstić information content (AvgIpc) is 2.81. The molecule has 2 aliphatic rings. The summed E-state index contributed by atoms with van der Waals surface area (Å²) in [6, 6.07) is 6.16. The molecule has 1 aromatic carbocycles. The van der Waals surface area contributed by atoms with E-state index in [0.717, 1.165) is 19.4 Å². The second-order valence-electron chi connectivity index (χ2n) is 5.54. The Balaban J connectivity index is 1.76. The van der Waals surface area contributed by atoms with E-state index < -0.39 is 0 Å². The summed E-state index contributed by atoms with van der Waals surface area (Å²) in [5.41, 5.74) is 0.359. The van der Waals surface area contributed by atoms with Crippen molar-refractivity contribution in [1.29, 1.82) is 0 Å². The van der Waals surface area contributed by atoms with Crippen molar-refractivity contribution in [2.24, 2.45) is 0 Å². The molecule has 5 heteroatoms. The predicted octanol–water partition coefficient (Wildman–Crippen LogP) is 1.39.